The Morgan fingerprint density at radius 1 is 1.38 bits per heavy atom. The van der Waals surface area contributed by atoms with Crippen LogP contribution in [-0.4, -0.2) is 13.2 Å². The minimum Gasteiger partial charge on any atom is -0.330 e. The van der Waals surface area contributed by atoms with E-state index in [0.29, 0.717) is 25.0 Å². The number of hydrogen-bond donors (Lipinski definition) is 1. The lowest BCUT2D eigenvalue weighted by molar-refractivity contribution is 0.142. The van der Waals surface area contributed by atoms with Gasteiger partial charge in [0.2, 0.25) is 0 Å². The van der Waals surface area contributed by atoms with Crippen LogP contribution in [0.15, 0.2) is 23.6 Å². The number of allylic oxidation sites excluding steroid dienone is 4. The van der Waals surface area contributed by atoms with E-state index in [4.69, 9.17) is 5.73 Å². The van der Waals surface area contributed by atoms with Crippen LogP contribution in [0.25, 0.3) is 0 Å². The first-order valence-corrected chi connectivity index (χ1v) is 5.96. The van der Waals surface area contributed by atoms with Gasteiger partial charge in [0.15, 0.2) is 0 Å². The molecular weight excluding hydrogens is 208 g/mol. The van der Waals surface area contributed by atoms with E-state index in [1.54, 1.807) is 13.0 Å². The zero-order valence-corrected chi connectivity index (χ0v) is 9.94. The summed E-state index contributed by atoms with van der Waals surface area (Å²) in [5, 5.41) is 0. The van der Waals surface area contributed by atoms with Crippen molar-refractivity contribution >= 4 is 0 Å². The van der Waals surface area contributed by atoms with Gasteiger partial charge in [-0.15, -0.1) is 0 Å². The normalized spacial score (nSPS) is 20.8. The Bertz CT molecular complexity index is 272. The highest BCUT2D eigenvalue weighted by atomic mass is 19.1. The molecule has 0 aromatic carbocycles. The van der Waals surface area contributed by atoms with Crippen LogP contribution in [0.4, 0.5) is 8.78 Å². The molecule has 1 rings (SSSR count). The van der Waals surface area contributed by atoms with Crippen molar-refractivity contribution in [3.63, 3.8) is 0 Å². The van der Waals surface area contributed by atoms with E-state index in [0.717, 1.165) is 12.8 Å². The standard InChI is InChI=1S/C13H21F2N/c1-2-12(15)5-4-11(9-14)8-13(10-16)6-3-7-13/h4-5H,2-3,6-10,16H2,1H3/b11-4-,12-5+. The Morgan fingerprint density at radius 3 is 2.44 bits per heavy atom. The second kappa shape index (κ2) is 6.14. The zero-order chi connectivity index (χ0) is 12.0. The van der Waals surface area contributed by atoms with E-state index in [-0.39, 0.29) is 11.2 Å². The summed E-state index contributed by atoms with van der Waals surface area (Å²) in [6.07, 6.45) is 7.30. The van der Waals surface area contributed by atoms with Crippen molar-refractivity contribution < 1.29 is 8.78 Å². The molecule has 0 aromatic heterocycles. The van der Waals surface area contributed by atoms with Crippen LogP contribution in [0.3, 0.4) is 0 Å². The van der Waals surface area contributed by atoms with E-state index >= 15 is 0 Å². The molecule has 0 saturated heterocycles. The van der Waals surface area contributed by atoms with E-state index in [1.807, 2.05) is 0 Å². The molecule has 1 fully saturated rings. The zero-order valence-electron chi connectivity index (χ0n) is 9.94. The molecule has 1 saturated carbocycles. The summed E-state index contributed by atoms with van der Waals surface area (Å²) in [7, 11) is 0. The summed E-state index contributed by atoms with van der Waals surface area (Å²) < 4.78 is 25.7. The SMILES string of the molecule is CC/C(F)=C\C=C(/CF)CC1(CN)CCC1. The van der Waals surface area contributed by atoms with Gasteiger partial charge in [-0.3, -0.25) is 0 Å². The van der Waals surface area contributed by atoms with E-state index < -0.39 is 6.67 Å². The highest BCUT2D eigenvalue weighted by Crippen LogP contribution is 2.44. The molecule has 0 atom stereocenters. The summed E-state index contributed by atoms with van der Waals surface area (Å²) >= 11 is 0. The summed E-state index contributed by atoms with van der Waals surface area (Å²) in [6.45, 7) is 1.83. The lowest BCUT2D eigenvalue weighted by Crippen LogP contribution is -2.37. The number of alkyl halides is 1. The van der Waals surface area contributed by atoms with Crippen LogP contribution in [-0.2, 0) is 0 Å². The Balaban J connectivity index is 2.61. The summed E-state index contributed by atoms with van der Waals surface area (Å²) in [5.41, 5.74) is 6.47. The molecule has 0 unspecified atom stereocenters. The van der Waals surface area contributed by atoms with Crippen molar-refractivity contribution in [3.8, 4) is 0 Å². The predicted molar refractivity (Wildman–Crippen MR) is 63.5 cm³/mol. The van der Waals surface area contributed by atoms with Crippen LogP contribution >= 0.6 is 0 Å². The second-order valence-corrected chi connectivity index (χ2v) is 4.66. The molecule has 16 heavy (non-hydrogen) atoms. The van der Waals surface area contributed by atoms with Crippen LogP contribution in [0.1, 0.15) is 39.0 Å². The number of nitrogens with two attached hydrogens (primary N) is 1. The van der Waals surface area contributed by atoms with E-state index in [9.17, 15) is 8.78 Å². The molecule has 1 aliphatic rings. The molecule has 0 spiro atoms. The van der Waals surface area contributed by atoms with Crippen LogP contribution in [0.2, 0.25) is 0 Å². The fourth-order valence-electron chi connectivity index (χ4n) is 2.09. The first-order valence-electron chi connectivity index (χ1n) is 5.96. The van der Waals surface area contributed by atoms with Crippen molar-refractivity contribution in [1.82, 2.24) is 0 Å². The highest BCUT2D eigenvalue weighted by molar-refractivity contribution is 5.17. The molecule has 92 valence electrons. The lowest BCUT2D eigenvalue weighted by atomic mass is 9.65. The number of hydrogen-bond acceptors (Lipinski definition) is 1. The minimum absolute atomic E-state index is 0.0917. The lowest BCUT2D eigenvalue weighted by Gasteiger charge is -2.41. The van der Waals surface area contributed by atoms with E-state index in [2.05, 4.69) is 0 Å². The maximum atomic E-state index is 12.9. The molecule has 1 aliphatic carbocycles. The third-order valence-corrected chi connectivity index (χ3v) is 3.46. The average Bonchev–Trinajstić information content (AvgIpc) is 2.27. The van der Waals surface area contributed by atoms with Gasteiger partial charge in [-0.2, -0.15) is 0 Å². The monoisotopic (exact) mass is 229 g/mol. The van der Waals surface area contributed by atoms with Gasteiger partial charge in [0.1, 0.15) is 6.67 Å². The van der Waals surface area contributed by atoms with Gasteiger partial charge < -0.3 is 5.73 Å². The Morgan fingerprint density at radius 2 is 2.06 bits per heavy atom. The average molecular weight is 229 g/mol. The minimum atomic E-state index is -0.505. The first kappa shape index (κ1) is 13.4. The van der Waals surface area contributed by atoms with Gasteiger partial charge in [-0.1, -0.05) is 19.4 Å². The van der Waals surface area contributed by atoms with Crippen molar-refractivity contribution in [2.45, 2.75) is 39.0 Å². The fourth-order valence-corrected chi connectivity index (χ4v) is 2.09. The van der Waals surface area contributed by atoms with Gasteiger partial charge in [0.25, 0.3) is 0 Å². The van der Waals surface area contributed by atoms with Crippen molar-refractivity contribution in [2.75, 3.05) is 13.2 Å². The molecule has 0 amide bonds. The Labute approximate surface area is 96.4 Å². The molecule has 0 heterocycles. The van der Waals surface area contributed by atoms with E-state index in [1.165, 1.54) is 12.5 Å². The maximum absolute atomic E-state index is 12.9. The van der Waals surface area contributed by atoms with Crippen LogP contribution in [0, 0.1) is 5.41 Å². The fraction of sp³-hybridized carbons (Fsp3) is 0.692. The molecule has 1 nitrogen and oxygen atoms in total. The largest absolute Gasteiger partial charge is 0.330 e. The van der Waals surface area contributed by atoms with Crippen LogP contribution < -0.4 is 5.73 Å². The number of halogens is 2. The molecule has 3 heteroatoms. The Hall–Kier alpha value is -0.700. The van der Waals surface area contributed by atoms with Crippen molar-refractivity contribution in [3.05, 3.63) is 23.6 Å². The first-order chi connectivity index (χ1) is 7.65. The molecular formula is C13H21F2N. The molecule has 0 radical (unpaired) electrons. The smallest absolute Gasteiger partial charge is 0.111 e. The van der Waals surface area contributed by atoms with Gasteiger partial charge in [-0.25, -0.2) is 8.78 Å². The third kappa shape index (κ3) is 3.41. The number of rotatable bonds is 6. The topological polar surface area (TPSA) is 26.0 Å². The highest BCUT2D eigenvalue weighted by Gasteiger charge is 2.35. The second-order valence-electron chi connectivity index (χ2n) is 4.66. The summed E-state index contributed by atoms with van der Waals surface area (Å²) in [4.78, 5) is 0. The molecule has 2 N–H and O–H groups in total. The predicted octanol–water partition coefficient (Wildman–Crippen LogP) is 3.66. The summed E-state index contributed by atoms with van der Waals surface area (Å²) in [6, 6.07) is 0. The third-order valence-electron chi connectivity index (χ3n) is 3.46. The van der Waals surface area contributed by atoms with Gasteiger partial charge >= 0.3 is 0 Å². The van der Waals surface area contributed by atoms with Crippen LogP contribution in [0.5, 0.6) is 0 Å². The summed E-state index contributed by atoms with van der Waals surface area (Å²) in [5.74, 6) is -0.207. The van der Waals surface area contributed by atoms with Gasteiger partial charge in [-0.05, 0) is 49.3 Å². The molecule has 0 aromatic rings. The van der Waals surface area contributed by atoms with Gasteiger partial charge in [0, 0.05) is 0 Å². The van der Waals surface area contributed by atoms with Gasteiger partial charge in [0.05, 0.1) is 5.83 Å². The maximum Gasteiger partial charge on any atom is 0.111 e. The molecule has 0 bridgehead atoms. The molecule has 0 aliphatic heterocycles. The van der Waals surface area contributed by atoms with Crippen molar-refractivity contribution in [2.24, 2.45) is 11.1 Å². The Kier molecular flexibility index (Phi) is 5.13. The quantitative estimate of drug-likeness (QED) is 0.691. The van der Waals surface area contributed by atoms with Crippen molar-refractivity contribution in [1.29, 1.82) is 0 Å².